The monoisotopic (exact) mass is 431 g/mol. The Labute approximate surface area is 179 Å². The van der Waals surface area contributed by atoms with Crippen LogP contribution in [0.4, 0.5) is 16.0 Å². The number of piperidine rings is 1. The van der Waals surface area contributed by atoms with Crippen molar-refractivity contribution in [3.63, 3.8) is 0 Å². The molecule has 1 aromatic heterocycles. The summed E-state index contributed by atoms with van der Waals surface area (Å²) in [5.74, 6) is 1.28. The fraction of sp³-hybridized carbons (Fsp3) is 0.500. The third-order valence-corrected chi connectivity index (χ3v) is 6.47. The number of benzene rings is 1. The van der Waals surface area contributed by atoms with Gasteiger partial charge in [-0.25, -0.2) is 0 Å². The van der Waals surface area contributed by atoms with Crippen LogP contribution in [0, 0.1) is 5.92 Å². The summed E-state index contributed by atoms with van der Waals surface area (Å²) < 4.78 is 10.5. The lowest BCUT2D eigenvalue weighted by molar-refractivity contribution is -0.120. The van der Waals surface area contributed by atoms with E-state index in [4.69, 9.17) is 9.47 Å². The third-order valence-electron chi connectivity index (χ3n) is 5.46. The summed E-state index contributed by atoms with van der Waals surface area (Å²) in [4.78, 5) is 28.5. The molecule has 9 nitrogen and oxygen atoms in total. The molecule has 0 bridgehead atoms. The molecular weight excluding hydrogens is 406 g/mol. The van der Waals surface area contributed by atoms with Gasteiger partial charge in [0, 0.05) is 55.9 Å². The van der Waals surface area contributed by atoms with Gasteiger partial charge in [-0.05, 0) is 19.3 Å². The first-order valence-electron chi connectivity index (χ1n) is 10.00. The van der Waals surface area contributed by atoms with Gasteiger partial charge in [-0.1, -0.05) is 11.3 Å². The van der Waals surface area contributed by atoms with Gasteiger partial charge in [-0.2, -0.15) is 0 Å². The maximum absolute atomic E-state index is 12.7. The van der Waals surface area contributed by atoms with E-state index in [0.29, 0.717) is 35.3 Å². The molecule has 4 rings (SSSR count). The molecule has 10 heteroatoms. The molecule has 2 aliphatic rings. The van der Waals surface area contributed by atoms with Crippen LogP contribution in [-0.2, 0) is 9.59 Å². The molecule has 2 fully saturated rings. The highest BCUT2D eigenvalue weighted by Gasteiger charge is 2.29. The van der Waals surface area contributed by atoms with Crippen LogP contribution in [0.1, 0.15) is 25.7 Å². The second kappa shape index (κ2) is 8.86. The van der Waals surface area contributed by atoms with Gasteiger partial charge in [0.05, 0.1) is 14.2 Å². The number of carbonyl (C=O) groups is 2. The van der Waals surface area contributed by atoms with E-state index in [1.165, 1.54) is 11.3 Å². The Balaban J connectivity index is 1.34. The van der Waals surface area contributed by atoms with Crippen LogP contribution in [-0.4, -0.2) is 55.9 Å². The lowest BCUT2D eigenvalue weighted by Crippen LogP contribution is -2.38. The van der Waals surface area contributed by atoms with Crippen molar-refractivity contribution in [3.8, 4) is 11.5 Å². The predicted octanol–water partition coefficient (Wildman–Crippen LogP) is 2.54. The number of methoxy groups -OCH3 is 2. The summed E-state index contributed by atoms with van der Waals surface area (Å²) in [6, 6.07) is 5.32. The summed E-state index contributed by atoms with van der Waals surface area (Å²) >= 11 is 1.44. The van der Waals surface area contributed by atoms with Crippen molar-refractivity contribution in [2.45, 2.75) is 25.7 Å². The van der Waals surface area contributed by atoms with E-state index in [0.717, 1.165) is 37.5 Å². The molecule has 2 aromatic rings. The Morgan fingerprint density at radius 3 is 2.33 bits per heavy atom. The van der Waals surface area contributed by atoms with Crippen LogP contribution in [0.3, 0.4) is 0 Å². The number of anilines is 3. The van der Waals surface area contributed by atoms with Crippen LogP contribution < -0.4 is 24.6 Å². The zero-order valence-electron chi connectivity index (χ0n) is 17.1. The van der Waals surface area contributed by atoms with Crippen LogP contribution in [0.25, 0.3) is 0 Å². The average Bonchev–Trinajstić information content (AvgIpc) is 3.42. The minimum absolute atomic E-state index is 0.00873. The molecule has 0 aliphatic carbocycles. The Morgan fingerprint density at radius 1 is 1.07 bits per heavy atom. The third kappa shape index (κ3) is 4.33. The second-order valence-electron chi connectivity index (χ2n) is 7.37. The number of ether oxygens (including phenoxy) is 2. The van der Waals surface area contributed by atoms with E-state index < -0.39 is 0 Å². The first-order chi connectivity index (χ1) is 14.6. The minimum atomic E-state index is -0.0778. The van der Waals surface area contributed by atoms with E-state index in [2.05, 4.69) is 20.4 Å². The number of rotatable bonds is 6. The molecule has 0 unspecified atom stereocenters. The zero-order chi connectivity index (χ0) is 21.1. The van der Waals surface area contributed by atoms with Crippen molar-refractivity contribution in [1.82, 2.24) is 10.2 Å². The van der Waals surface area contributed by atoms with E-state index in [1.54, 1.807) is 37.3 Å². The Morgan fingerprint density at radius 2 is 1.73 bits per heavy atom. The standard InChI is InChI=1S/C20H25N5O4S/c1-28-15-10-14(11-16(12-15)29-2)21-18(27)13-5-8-24(9-6-13)19-22-23-20(30-19)25-7-3-4-17(25)26/h10-13H,3-9H2,1-2H3,(H,21,27). The molecule has 0 radical (unpaired) electrons. The minimum Gasteiger partial charge on any atom is -0.497 e. The molecule has 0 spiro atoms. The normalized spacial score (nSPS) is 17.3. The molecule has 2 saturated heterocycles. The van der Waals surface area contributed by atoms with Gasteiger partial charge in [0.25, 0.3) is 0 Å². The van der Waals surface area contributed by atoms with Gasteiger partial charge in [0.15, 0.2) is 0 Å². The number of amides is 2. The molecule has 30 heavy (non-hydrogen) atoms. The highest BCUT2D eigenvalue weighted by atomic mass is 32.1. The van der Waals surface area contributed by atoms with E-state index in [-0.39, 0.29) is 17.7 Å². The fourth-order valence-electron chi connectivity index (χ4n) is 3.75. The Bertz CT molecular complexity index is 903. The summed E-state index contributed by atoms with van der Waals surface area (Å²) in [6.07, 6.45) is 2.90. The zero-order valence-corrected chi connectivity index (χ0v) is 17.9. The number of carbonyl (C=O) groups excluding carboxylic acids is 2. The lowest BCUT2D eigenvalue weighted by atomic mass is 9.96. The largest absolute Gasteiger partial charge is 0.497 e. The molecule has 160 valence electrons. The van der Waals surface area contributed by atoms with Crippen molar-refractivity contribution < 1.29 is 19.1 Å². The smallest absolute Gasteiger partial charge is 0.228 e. The fourth-order valence-corrected chi connectivity index (χ4v) is 4.69. The molecule has 1 N–H and O–H groups in total. The molecule has 3 heterocycles. The highest BCUT2D eigenvalue weighted by Crippen LogP contribution is 2.33. The summed E-state index contributed by atoms with van der Waals surface area (Å²) in [5, 5.41) is 12.9. The average molecular weight is 432 g/mol. The number of hydrogen-bond donors (Lipinski definition) is 1. The summed E-state index contributed by atoms with van der Waals surface area (Å²) in [6.45, 7) is 2.16. The van der Waals surface area contributed by atoms with E-state index >= 15 is 0 Å². The number of hydrogen-bond acceptors (Lipinski definition) is 8. The molecular formula is C20H25N5O4S. The second-order valence-corrected chi connectivity index (χ2v) is 8.30. The summed E-state index contributed by atoms with van der Waals surface area (Å²) in [7, 11) is 3.16. The molecule has 0 atom stereocenters. The van der Waals surface area contributed by atoms with Crippen LogP contribution >= 0.6 is 11.3 Å². The van der Waals surface area contributed by atoms with Gasteiger partial charge < -0.3 is 19.7 Å². The van der Waals surface area contributed by atoms with E-state index in [1.807, 2.05) is 0 Å². The van der Waals surface area contributed by atoms with Gasteiger partial charge in [0.1, 0.15) is 11.5 Å². The quantitative estimate of drug-likeness (QED) is 0.751. The van der Waals surface area contributed by atoms with Crippen molar-refractivity contribution in [3.05, 3.63) is 18.2 Å². The lowest BCUT2D eigenvalue weighted by Gasteiger charge is -2.30. The van der Waals surface area contributed by atoms with Crippen LogP contribution in [0.5, 0.6) is 11.5 Å². The SMILES string of the molecule is COc1cc(NC(=O)C2CCN(c3nnc(N4CCCC4=O)s3)CC2)cc(OC)c1. The van der Waals surface area contributed by atoms with Crippen molar-refractivity contribution in [2.75, 3.05) is 49.0 Å². The predicted molar refractivity (Wildman–Crippen MR) is 115 cm³/mol. The topological polar surface area (TPSA) is 96.9 Å². The maximum atomic E-state index is 12.7. The maximum Gasteiger partial charge on any atom is 0.228 e. The number of nitrogens with zero attached hydrogens (tertiary/aromatic N) is 4. The van der Waals surface area contributed by atoms with Crippen LogP contribution in [0.2, 0.25) is 0 Å². The van der Waals surface area contributed by atoms with Gasteiger partial charge in [-0.3, -0.25) is 14.5 Å². The first-order valence-corrected chi connectivity index (χ1v) is 10.8. The highest BCUT2D eigenvalue weighted by molar-refractivity contribution is 7.19. The molecule has 2 amide bonds. The van der Waals surface area contributed by atoms with Crippen molar-refractivity contribution in [1.29, 1.82) is 0 Å². The number of nitrogens with one attached hydrogen (secondary N) is 1. The van der Waals surface area contributed by atoms with Crippen molar-refractivity contribution in [2.24, 2.45) is 5.92 Å². The van der Waals surface area contributed by atoms with E-state index in [9.17, 15) is 9.59 Å². The van der Waals surface area contributed by atoms with Crippen LogP contribution in [0.15, 0.2) is 18.2 Å². The Kier molecular flexibility index (Phi) is 6.03. The van der Waals surface area contributed by atoms with Crippen molar-refractivity contribution >= 4 is 39.1 Å². The molecule has 0 saturated carbocycles. The molecule has 2 aliphatic heterocycles. The van der Waals surface area contributed by atoms with Gasteiger partial charge >= 0.3 is 0 Å². The molecule has 1 aromatic carbocycles. The summed E-state index contributed by atoms with van der Waals surface area (Å²) in [5.41, 5.74) is 0.655. The first kappa shape index (κ1) is 20.4. The van der Waals surface area contributed by atoms with Gasteiger partial charge in [0.2, 0.25) is 22.1 Å². The number of aromatic nitrogens is 2. The Hall–Kier alpha value is -2.88. The van der Waals surface area contributed by atoms with Gasteiger partial charge in [-0.15, -0.1) is 10.2 Å².